The number of hydrogen-bond acceptors (Lipinski definition) is 10. The summed E-state index contributed by atoms with van der Waals surface area (Å²) in [6, 6.07) is 0.0766. The summed E-state index contributed by atoms with van der Waals surface area (Å²) in [6.45, 7) is 4.79. The number of nitrogens with zero attached hydrogens (tertiary/aromatic N) is 6. The fraction of sp³-hybridized carbons (Fsp3) is 0.710. The molecule has 1 saturated carbocycles. The highest BCUT2D eigenvalue weighted by Crippen LogP contribution is 2.47. The first kappa shape index (κ1) is 28.7. The van der Waals surface area contributed by atoms with Gasteiger partial charge in [-0.1, -0.05) is 11.6 Å². The first-order valence-corrected chi connectivity index (χ1v) is 15.9. The minimum absolute atomic E-state index is 0.153. The van der Waals surface area contributed by atoms with E-state index in [1.165, 1.54) is 0 Å². The van der Waals surface area contributed by atoms with Crippen LogP contribution >= 0.6 is 0 Å². The van der Waals surface area contributed by atoms with Crippen molar-refractivity contribution in [3.05, 3.63) is 21.7 Å². The second-order valence-corrected chi connectivity index (χ2v) is 12.8. The molecule has 2 aliphatic heterocycles. The van der Waals surface area contributed by atoms with Crippen molar-refractivity contribution in [3.8, 4) is 17.5 Å². The van der Waals surface area contributed by atoms with Crippen molar-refractivity contribution in [1.82, 2.24) is 29.2 Å². The maximum atomic E-state index is 14.0. The van der Waals surface area contributed by atoms with E-state index in [0.29, 0.717) is 67.8 Å². The van der Waals surface area contributed by atoms with Crippen LogP contribution in [0.5, 0.6) is 5.88 Å². The minimum Gasteiger partial charge on any atom is -0.471 e. The second-order valence-electron chi connectivity index (χ2n) is 12.8. The summed E-state index contributed by atoms with van der Waals surface area (Å²) in [5, 5.41) is 4.53. The molecule has 12 heteroatoms. The number of hydrogen-bond donors (Lipinski definition) is 0. The van der Waals surface area contributed by atoms with Crippen LogP contribution < -0.4 is 10.4 Å². The number of carbonyl (C=O) groups excluding carboxylic acids is 1. The van der Waals surface area contributed by atoms with Crippen molar-refractivity contribution in [2.75, 3.05) is 40.5 Å². The Hall–Kier alpha value is -3.09. The van der Waals surface area contributed by atoms with E-state index < -0.39 is 5.41 Å². The molecule has 2 aliphatic carbocycles. The van der Waals surface area contributed by atoms with Crippen LogP contribution in [0.15, 0.2) is 9.32 Å². The summed E-state index contributed by atoms with van der Waals surface area (Å²) in [4.78, 5) is 39.6. The molecule has 232 valence electrons. The first-order valence-electron chi connectivity index (χ1n) is 15.9. The highest BCUT2D eigenvalue weighted by atomic mass is 16.5. The molecule has 0 amide bonds. The van der Waals surface area contributed by atoms with Gasteiger partial charge in [-0.2, -0.15) is 4.98 Å². The summed E-state index contributed by atoms with van der Waals surface area (Å²) in [5.41, 5.74) is 1.95. The summed E-state index contributed by atoms with van der Waals surface area (Å²) in [6.07, 6.45) is 8.42. The molecule has 5 heterocycles. The van der Waals surface area contributed by atoms with E-state index in [1.54, 1.807) is 16.2 Å². The van der Waals surface area contributed by atoms with Crippen molar-refractivity contribution in [1.29, 1.82) is 0 Å². The van der Waals surface area contributed by atoms with E-state index in [0.717, 1.165) is 69.2 Å². The molecule has 1 spiro atoms. The lowest BCUT2D eigenvalue weighted by Crippen LogP contribution is -2.41. The van der Waals surface area contributed by atoms with Gasteiger partial charge in [0.05, 0.1) is 31.2 Å². The van der Waals surface area contributed by atoms with Crippen molar-refractivity contribution < 1.29 is 23.5 Å². The zero-order valence-electron chi connectivity index (χ0n) is 25.5. The van der Waals surface area contributed by atoms with Gasteiger partial charge >= 0.3 is 5.69 Å². The van der Waals surface area contributed by atoms with Gasteiger partial charge in [-0.25, -0.2) is 9.78 Å². The Morgan fingerprint density at radius 2 is 1.95 bits per heavy atom. The van der Waals surface area contributed by atoms with Gasteiger partial charge in [0.15, 0.2) is 11.2 Å². The predicted octanol–water partition coefficient (Wildman–Crippen LogP) is 3.43. The van der Waals surface area contributed by atoms with E-state index in [1.807, 2.05) is 0 Å². The number of ketones is 1. The quantitative estimate of drug-likeness (QED) is 0.383. The summed E-state index contributed by atoms with van der Waals surface area (Å²) in [7, 11) is 3.74. The molecule has 4 atom stereocenters. The Morgan fingerprint density at radius 1 is 1.09 bits per heavy atom. The third-order valence-corrected chi connectivity index (χ3v) is 10.2. The Balaban J connectivity index is 1.41. The van der Waals surface area contributed by atoms with Crippen molar-refractivity contribution in [2.24, 2.45) is 0 Å². The standard InChI is InChI=1S/C31H42N6O6/c1-19(22-9-7-14-35(22)2)42-29-24-28(37(20-11-16-41-18-20)30(39)36(24)15-17-40-3)32-27(33-29)25-21-8-6-13-31(26(21)34-43-25)12-5-4-10-23(31)38/h19-20,22H,4-18H2,1-3H3/t19-,20+,22-,31+/m0/s1. The van der Waals surface area contributed by atoms with Crippen LogP contribution in [-0.2, 0) is 32.6 Å². The molecule has 43 heavy (non-hydrogen) atoms. The van der Waals surface area contributed by atoms with Gasteiger partial charge in [0, 0.05) is 31.7 Å². The Morgan fingerprint density at radius 3 is 2.70 bits per heavy atom. The number of Topliss-reactive ketones (excluding diaryl/α,β-unsaturated/α-hetero) is 1. The van der Waals surface area contributed by atoms with Crippen LogP contribution in [0.1, 0.15) is 82.0 Å². The molecule has 0 radical (unpaired) electrons. The zero-order chi connectivity index (χ0) is 29.7. The van der Waals surface area contributed by atoms with Gasteiger partial charge < -0.3 is 18.7 Å². The molecule has 0 aromatic carbocycles. The molecule has 0 bridgehead atoms. The fourth-order valence-electron chi connectivity index (χ4n) is 7.94. The highest BCUT2D eigenvalue weighted by Gasteiger charge is 2.48. The van der Waals surface area contributed by atoms with Crippen molar-refractivity contribution in [2.45, 2.75) is 101 Å². The van der Waals surface area contributed by atoms with Crippen molar-refractivity contribution >= 4 is 16.9 Å². The summed E-state index contributed by atoms with van der Waals surface area (Å²) in [5.74, 6) is 1.42. The molecule has 4 aliphatic rings. The monoisotopic (exact) mass is 594 g/mol. The number of methoxy groups -OCH3 is 1. The number of likely N-dealkylation sites (tertiary alicyclic amines) is 1. The average molecular weight is 595 g/mol. The molecule has 3 fully saturated rings. The molecule has 0 unspecified atom stereocenters. The highest BCUT2D eigenvalue weighted by molar-refractivity contribution is 5.91. The summed E-state index contributed by atoms with van der Waals surface area (Å²) < 4.78 is 27.2. The topological polar surface area (TPSA) is 127 Å². The van der Waals surface area contributed by atoms with E-state index in [4.69, 9.17) is 28.7 Å². The van der Waals surface area contributed by atoms with E-state index in [-0.39, 0.29) is 29.7 Å². The van der Waals surface area contributed by atoms with E-state index >= 15 is 0 Å². The number of ether oxygens (including phenoxy) is 3. The van der Waals surface area contributed by atoms with Gasteiger partial charge in [0.1, 0.15) is 17.6 Å². The molecule has 12 nitrogen and oxygen atoms in total. The van der Waals surface area contributed by atoms with Crippen molar-refractivity contribution in [3.63, 3.8) is 0 Å². The molecule has 2 saturated heterocycles. The first-order chi connectivity index (χ1) is 20.9. The normalized spacial score (nSPS) is 26.9. The van der Waals surface area contributed by atoms with Gasteiger partial charge in [0.25, 0.3) is 0 Å². The predicted molar refractivity (Wildman–Crippen MR) is 157 cm³/mol. The number of carbonyl (C=O) groups is 1. The number of imidazole rings is 1. The minimum atomic E-state index is -0.578. The third kappa shape index (κ3) is 4.73. The van der Waals surface area contributed by atoms with Crippen LogP contribution in [0.2, 0.25) is 0 Å². The molecule has 3 aromatic rings. The number of aromatic nitrogens is 5. The van der Waals surface area contributed by atoms with Gasteiger partial charge in [0.2, 0.25) is 17.5 Å². The smallest absolute Gasteiger partial charge is 0.330 e. The Kier molecular flexibility index (Phi) is 7.63. The molecular weight excluding hydrogens is 552 g/mol. The maximum absolute atomic E-state index is 14.0. The average Bonchev–Trinajstić information content (AvgIpc) is 3.80. The number of rotatable bonds is 8. The largest absolute Gasteiger partial charge is 0.471 e. The molecule has 0 N–H and O–H groups in total. The summed E-state index contributed by atoms with van der Waals surface area (Å²) >= 11 is 0. The maximum Gasteiger partial charge on any atom is 0.330 e. The lowest BCUT2D eigenvalue weighted by Gasteiger charge is -2.37. The zero-order valence-corrected chi connectivity index (χ0v) is 25.5. The van der Waals surface area contributed by atoms with Crippen LogP contribution in [-0.4, -0.2) is 87.6 Å². The fourth-order valence-corrected chi connectivity index (χ4v) is 7.94. The Labute approximate surface area is 250 Å². The van der Waals surface area contributed by atoms with E-state index in [9.17, 15) is 9.59 Å². The number of fused-ring (bicyclic) bond motifs is 3. The van der Waals surface area contributed by atoms with Crippen LogP contribution in [0, 0.1) is 0 Å². The van der Waals surface area contributed by atoms with Gasteiger partial charge in [-0.3, -0.25) is 18.8 Å². The molecular formula is C31H42N6O6. The van der Waals surface area contributed by atoms with Crippen LogP contribution in [0.3, 0.4) is 0 Å². The number of likely N-dealkylation sites (N-methyl/N-ethyl adjacent to an activating group) is 1. The third-order valence-electron chi connectivity index (χ3n) is 10.2. The second kappa shape index (κ2) is 11.4. The van der Waals surface area contributed by atoms with Gasteiger partial charge in [-0.15, -0.1) is 0 Å². The Bertz CT molecular complexity index is 1570. The van der Waals surface area contributed by atoms with Crippen LogP contribution in [0.25, 0.3) is 22.7 Å². The SMILES string of the molecule is COCCn1c(=O)n([C@@H]2CCOC2)c2nc(-c3onc4c3CCC[C@@]43CCCCC3=O)nc(O[C@@H](C)[C@@H]3CCCN3C)c21. The van der Waals surface area contributed by atoms with Gasteiger partial charge in [-0.05, 0) is 71.9 Å². The lowest BCUT2D eigenvalue weighted by molar-refractivity contribution is -0.127. The van der Waals surface area contributed by atoms with Crippen LogP contribution in [0.4, 0.5) is 0 Å². The molecule has 7 rings (SSSR count). The lowest BCUT2D eigenvalue weighted by atomic mass is 9.64. The molecule has 3 aromatic heterocycles. The van der Waals surface area contributed by atoms with E-state index in [2.05, 4.69) is 24.0 Å².